The maximum absolute atomic E-state index is 9.73. The first-order valence-corrected chi connectivity index (χ1v) is 11.0. The van der Waals surface area contributed by atoms with Crippen molar-refractivity contribution in [1.82, 2.24) is 15.5 Å². The molecule has 29 heavy (non-hydrogen) atoms. The van der Waals surface area contributed by atoms with E-state index in [1.807, 2.05) is 29.5 Å². The maximum Gasteiger partial charge on any atom is 0.191 e. The van der Waals surface area contributed by atoms with Crippen LogP contribution < -0.4 is 10.6 Å². The Balaban J connectivity index is 0.00000300. The van der Waals surface area contributed by atoms with Crippen LogP contribution in [0.2, 0.25) is 0 Å². The zero-order chi connectivity index (χ0) is 19.6. The Morgan fingerprint density at radius 2 is 2.07 bits per heavy atom. The molecule has 1 aromatic carbocycles. The lowest BCUT2D eigenvalue weighted by atomic mass is 9.98. The minimum atomic E-state index is 0. The molecule has 2 atom stereocenters. The number of rotatable bonds is 8. The molecule has 1 aromatic heterocycles. The minimum absolute atomic E-state index is 0. The van der Waals surface area contributed by atoms with Crippen LogP contribution in [0, 0.1) is 5.92 Å². The number of likely N-dealkylation sites (tertiary alicyclic amines) is 1. The zero-order valence-corrected chi connectivity index (χ0v) is 20.2. The Kier molecular flexibility index (Phi) is 11.0. The lowest BCUT2D eigenvalue weighted by Crippen LogP contribution is -2.45. The molecule has 0 aliphatic carbocycles. The normalized spacial score (nSPS) is 18.7. The number of nitrogens with one attached hydrogen (secondary N) is 2. The number of hydrogen-bond donors (Lipinski definition) is 3. The molecule has 1 saturated heterocycles. The van der Waals surface area contributed by atoms with Crippen molar-refractivity contribution in [2.45, 2.75) is 25.3 Å². The van der Waals surface area contributed by atoms with E-state index < -0.39 is 0 Å². The second-order valence-corrected chi connectivity index (χ2v) is 8.48. The van der Waals surface area contributed by atoms with E-state index in [-0.39, 0.29) is 36.5 Å². The van der Waals surface area contributed by atoms with Crippen molar-refractivity contribution >= 4 is 41.3 Å². The van der Waals surface area contributed by atoms with Gasteiger partial charge in [-0.15, -0.1) is 35.3 Å². The van der Waals surface area contributed by atoms with E-state index >= 15 is 0 Å². The van der Waals surface area contributed by atoms with Crippen LogP contribution in [-0.2, 0) is 6.54 Å². The molecule has 0 amide bonds. The molecular weight excluding hydrogens is 495 g/mol. The van der Waals surface area contributed by atoms with Crippen LogP contribution in [0.5, 0.6) is 0 Å². The van der Waals surface area contributed by atoms with Crippen LogP contribution in [0.15, 0.2) is 52.8 Å². The third-order valence-corrected chi connectivity index (χ3v) is 6.21. The van der Waals surface area contributed by atoms with Crippen LogP contribution in [0.25, 0.3) is 0 Å². The number of thiophene rings is 1. The second kappa shape index (κ2) is 13.2. The van der Waals surface area contributed by atoms with Crippen molar-refractivity contribution in [3.63, 3.8) is 0 Å². The van der Waals surface area contributed by atoms with Gasteiger partial charge in [0.1, 0.15) is 0 Å². The summed E-state index contributed by atoms with van der Waals surface area (Å²) in [6, 6.07) is 14.5. The minimum Gasteiger partial charge on any atom is -0.396 e. The number of aliphatic hydroxyl groups excluding tert-OH is 1. The number of aliphatic imine (C=N–C) groups is 1. The van der Waals surface area contributed by atoms with E-state index in [0.29, 0.717) is 12.5 Å². The summed E-state index contributed by atoms with van der Waals surface area (Å²) < 4.78 is 0. The summed E-state index contributed by atoms with van der Waals surface area (Å²) in [7, 11) is 1.80. The Bertz CT molecular complexity index is 711. The van der Waals surface area contributed by atoms with Gasteiger partial charge >= 0.3 is 0 Å². The smallest absolute Gasteiger partial charge is 0.191 e. The average Bonchev–Trinajstić information content (AvgIpc) is 3.25. The molecule has 160 valence electrons. The largest absolute Gasteiger partial charge is 0.396 e. The van der Waals surface area contributed by atoms with E-state index in [4.69, 9.17) is 0 Å². The average molecular weight is 529 g/mol. The first kappa shape index (κ1) is 24.1. The fourth-order valence-electron chi connectivity index (χ4n) is 3.78. The monoisotopic (exact) mass is 528 g/mol. The summed E-state index contributed by atoms with van der Waals surface area (Å²) in [6.07, 6.45) is 2.51. The molecule has 0 saturated carbocycles. The van der Waals surface area contributed by atoms with Gasteiger partial charge in [-0.3, -0.25) is 9.89 Å². The summed E-state index contributed by atoms with van der Waals surface area (Å²) in [6.45, 7) is 5.09. The van der Waals surface area contributed by atoms with E-state index in [1.54, 1.807) is 7.05 Å². The van der Waals surface area contributed by atoms with Crippen LogP contribution >= 0.6 is 35.3 Å². The van der Waals surface area contributed by atoms with Gasteiger partial charge in [0.15, 0.2) is 5.96 Å². The van der Waals surface area contributed by atoms with Crippen LogP contribution in [-0.4, -0.2) is 55.8 Å². The van der Waals surface area contributed by atoms with Crippen molar-refractivity contribution in [3.05, 3.63) is 58.3 Å². The summed E-state index contributed by atoms with van der Waals surface area (Å²) in [5.41, 5.74) is 1.14. The SMILES string of the molecule is CN=C(NCC1CCCN(Cc2cccs2)C1)NCC(CO)c1ccccc1.I. The molecule has 1 aliphatic rings. The zero-order valence-electron chi connectivity index (χ0n) is 17.1. The van der Waals surface area contributed by atoms with Crippen LogP contribution in [0.1, 0.15) is 29.2 Å². The summed E-state index contributed by atoms with van der Waals surface area (Å²) in [4.78, 5) is 8.36. The van der Waals surface area contributed by atoms with Gasteiger partial charge < -0.3 is 15.7 Å². The van der Waals surface area contributed by atoms with E-state index in [0.717, 1.165) is 31.2 Å². The highest BCUT2D eigenvalue weighted by molar-refractivity contribution is 14.0. The number of hydrogen-bond acceptors (Lipinski definition) is 4. The lowest BCUT2D eigenvalue weighted by Gasteiger charge is -2.32. The fourth-order valence-corrected chi connectivity index (χ4v) is 4.53. The molecule has 3 rings (SSSR count). The Labute approximate surface area is 195 Å². The fraction of sp³-hybridized carbons (Fsp3) is 0.500. The van der Waals surface area contributed by atoms with E-state index in [2.05, 4.69) is 50.2 Å². The molecule has 2 heterocycles. The van der Waals surface area contributed by atoms with Crippen molar-refractivity contribution in [3.8, 4) is 0 Å². The maximum atomic E-state index is 9.73. The highest BCUT2D eigenvalue weighted by atomic mass is 127. The molecule has 3 N–H and O–H groups in total. The molecule has 2 unspecified atom stereocenters. The molecule has 1 aliphatic heterocycles. The van der Waals surface area contributed by atoms with Crippen LogP contribution in [0.3, 0.4) is 0 Å². The van der Waals surface area contributed by atoms with Gasteiger partial charge in [-0.1, -0.05) is 36.4 Å². The second-order valence-electron chi connectivity index (χ2n) is 7.45. The number of benzene rings is 1. The number of halogens is 1. The Morgan fingerprint density at radius 3 is 2.76 bits per heavy atom. The summed E-state index contributed by atoms with van der Waals surface area (Å²) in [5, 5.41) is 18.7. The molecule has 0 bridgehead atoms. The summed E-state index contributed by atoms with van der Waals surface area (Å²) >= 11 is 1.84. The standard InChI is InChI=1S/C22H32N4OS.HI/c1-23-22(25-14-20(17-27)19-8-3-2-4-9-19)24-13-18-7-5-11-26(15-18)16-21-10-6-12-28-21;/h2-4,6,8-10,12,18,20,27H,5,7,11,13-17H2,1H3,(H2,23,24,25);1H. The summed E-state index contributed by atoms with van der Waals surface area (Å²) in [5.74, 6) is 1.51. The van der Waals surface area contributed by atoms with Crippen molar-refractivity contribution < 1.29 is 5.11 Å². The van der Waals surface area contributed by atoms with Crippen molar-refractivity contribution in [2.24, 2.45) is 10.9 Å². The third kappa shape index (κ3) is 7.88. The van der Waals surface area contributed by atoms with E-state index in [9.17, 15) is 5.11 Å². The molecule has 7 heteroatoms. The Morgan fingerprint density at radius 1 is 1.24 bits per heavy atom. The molecule has 5 nitrogen and oxygen atoms in total. The number of aliphatic hydroxyl groups is 1. The highest BCUT2D eigenvalue weighted by Gasteiger charge is 2.20. The van der Waals surface area contributed by atoms with Crippen molar-refractivity contribution in [2.75, 3.05) is 39.8 Å². The van der Waals surface area contributed by atoms with E-state index in [1.165, 1.54) is 24.3 Å². The van der Waals surface area contributed by atoms with Gasteiger partial charge in [0.2, 0.25) is 0 Å². The highest BCUT2D eigenvalue weighted by Crippen LogP contribution is 2.20. The topological polar surface area (TPSA) is 59.9 Å². The first-order chi connectivity index (χ1) is 13.8. The van der Waals surface area contributed by atoms with Crippen LogP contribution in [0.4, 0.5) is 0 Å². The number of guanidine groups is 1. The number of piperidine rings is 1. The predicted molar refractivity (Wildman–Crippen MR) is 133 cm³/mol. The molecule has 0 radical (unpaired) electrons. The van der Waals surface area contributed by atoms with Crippen molar-refractivity contribution in [1.29, 1.82) is 0 Å². The quantitative estimate of drug-likeness (QED) is 0.279. The molecule has 0 spiro atoms. The first-order valence-electron chi connectivity index (χ1n) is 10.1. The van der Waals surface area contributed by atoms with Gasteiger partial charge in [-0.2, -0.15) is 0 Å². The van der Waals surface area contributed by atoms with Gasteiger partial charge in [-0.05, 0) is 42.3 Å². The number of nitrogens with zero attached hydrogens (tertiary/aromatic N) is 2. The van der Waals surface area contributed by atoms with Gasteiger partial charge in [0, 0.05) is 44.0 Å². The molecule has 1 fully saturated rings. The Hall–Kier alpha value is -1.16. The van der Waals surface area contributed by atoms with Gasteiger partial charge in [0.25, 0.3) is 0 Å². The third-order valence-electron chi connectivity index (χ3n) is 5.35. The lowest BCUT2D eigenvalue weighted by molar-refractivity contribution is 0.169. The molecular formula is C22H33IN4OS. The van der Waals surface area contributed by atoms with Gasteiger partial charge in [-0.25, -0.2) is 0 Å². The molecule has 2 aromatic rings. The predicted octanol–water partition coefficient (Wildman–Crippen LogP) is 3.52. The van der Waals surface area contributed by atoms with Gasteiger partial charge in [0.05, 0.1) is 6.61 Å².